The van der Waals surface area contributed by atoms with Gasteiger partial charge in [0.2, 0.25) is 21.8 Å². The van der Waals surface area contributed by atoms with Crippen LogP contribution in [0.4, 0.5) is 5.69 Å². The highest BCUT2D eigenvalue weighted by atomic mass is 32.2. The molecule has 0 spiro atoms. The molecule has 8 heteroatoms. The summed E-state index contributed by atoms with van der Waals surface area (Å²) < 4.78 is 25.6. The van der Waals surface area contributed by atoms with E-state index < -0.39 is 21.5 Å². The lowest BCUT2D eigenvalue weighted by molar-refractivity contribution is -0.133. The largest absolute Gasteiger partial charge is 0.351 e. The van der Waals surface area contributed by atoms with Crippen LogP contribution in [0.3, 0.4) is 0 Å². The van der Waals surface area contributed by atoms with Crippen molar-refractivity contribution in [3.8, 4) is 0 Å². The zero-order valence-electron chi connectivity index (χ0n) is 18.4. The Kier molecular flexibility index (Phi) is 6.57. The fraction of sp³-hybridized carbons (Fsp3) is 0.636. The number of benzene rings is 1. The van der Waals surface area contributed by atoms with Gasteiger partial charge >= 0.3 is 0 Å². The van der Waals surface area contributed by atoms with Gasteiger partial charge in [-0.1, -0.05) is 31.7 Å². The predicted octanol–water partition coefficient (Wildman–Crippen LogP) is 2.51. The zero-order valence-corrected chi connectivity index (χ0v) is 19.2. The third-order valence-corrected chi connectivity index (χ3v) is 7.63. The quantitative estimate of drug-likeness (QED) is 0.736. The number of nitrogens with zero attached hydrogens (tertiary/aromatic N) is 2. The van der Waals surface area contributed by atoms with Gasteiger partial charge in [0.15, 0.2) is 0 Å². The van der Waals surface area contributed by atoms with Gasteiger partial charge in [-0.05, 0) is 56.9 Å². The highest BCUT2D eigenvalue weighted by Gasteiger charge is 2.50. The molecule has 2 amide bonds. The van der Waals surface area contributed by atoms with Crippen molar-refractivity contribution in [2.75, 3.05) is 24.2 Å². The Balaban J connectivity index is 1.98. The standard InChI is InChI=1S/C22H33N3O4S/c1-16-11-12-19(13-17(16)2)25-20(26)14-24(30(4,28)29)15-22(25,3)21(27)23-18-9-7-5-6-8-10-18/h11-13,18H,5-10,14-15H2,1-4H3,(H,23,27)/t22-/m0/s1. The first-order valence-corrected chi connectivity index (χ1v) is 12.5. The molecule has 1 saturated heterocycles. The number of hydrogen-bond donors (Lipinski definition) is 1. The second-order valence-electron chi connectivity index (χ2n) is 8.96. The third kappa shape index (κ3) is 4.70. The van der Waals surface area contributed by atoms with Gasteiger partial charge in [-0.3, -0.25) is 14.5 Å². The van der Waals surface area contributed by atoms with Gasteiger partial charge < -0.3 is 5.32 Å². The Morgan fingerprint density at radius 3 is 2.30 bits per heavy atom. The normalized spacial score (nSPS) is 24.5. The molecule has 0 radical (unpaired) electrons. The van der Waals surface area contributed by atoms with Crippen LogP contribution in [0.25, 0.3) is 0 Å². The van der Waals surface area contributed by atoms with E-state index in [1.807, 2.05) is 32.0 Å². The number of aryl methyl sites for hydroxylation is 2. The number of sulfonamides is 1. The van der Waals surface area contributed by atoms with Crippen LogP contribution in [0.15, 0.2) is 18.2 Å². The number of carbonyl (C=O) groups excluding carboxylic acids is 2. The number of nitrogens with one attached hydrogen (secondary N) is 1. The number of carbonyl (C=O) groups is 2. The molecule has 0 unspecified atom stereocenters. The molecular weight excluding hydrogens is 402 g/mol. The summed E-state index contributed by atoms with van der Waals surface area (Å²) in [7, 11) is -3.62. The van der Waals surface area contributed by atoms with Gasteiger partial charge in [0.25, 0.3) is 0 Å². The lowest BCUT2D eigenvalue weighted by Crippen LogP contribution is -2.70. The van der Waals surface area contributed by atoms with E-state index in [0.29, 0.717) is 5.69 Å². The Labute approximate surface area is 179 Å². The minimum absolute atomic E-state index is 0.0575. The highest BCUT2D eigenvalue weighted by Crippen LogP contribution is 2.32. The van der Waals surface area contributed by atoms with Crippen LogP contribution in [0.2, 0.25) is 0 Å². The summed E-state index contributed by atoms with van der Waals surface area (Å²) in [5, 5.41) is 3.13. The summed E-state index contributed by atoms with van der Waals surface area (Å²) in [5.74, 6) is -0.692. The Morgan fingerprint density at radius 1 is 1.10 bits per heavy atom. The first-order valence-electron chi connectivity index (χ1n) is 10.7. The molecule has 1 aliphatic carbocycles. The van der Waals surface area contributed by atoms with Gasteiger partial charge in [-0.15, -0.1) is 0 Å². The van der Waals surface area contributed by atoms with E-state index in [0.717, 1.165) is 47.4 Å². The van der Waals surface area contributed by atoms with Gasteiger partial charge in [0.05, 0.1) is 12.8 Å². The second kappa shape index (κ2) is 8.67. The van der Waals surface area contributed by atoms with Crippen LogP contribution in [0, 0.1) is 13.8 Å². The second-order valence-corrected chi connectivity index (χ2v) is 10.9. The maximum Gasteiger partial charge on any atom is 0.247 e. The molecule has 2 aliphatic rings. The van der Waals surface area contributed by atoms with Crippen molar-refractivity contribution in [1.82, 2.24) is 9.62 Å². The summed E-state index contributed by atoms with van der Waals surface area (Å²) in [4.78, 5) is 28.2. The molecule has 0 bridgehead atoms. The first kappa shape index (κ1) is 22.7. The van der Waals surface area contributed by atoms with Crippen molar-refractivity contribution in [3.05, 3.63) is 29.3 Å². The van der Waals surface area contributed by atoms with E-state index in [-0.39, 0.29) is 25.0 Å². The van der Waals surface area contributed by atoms with Crippen molar-refractivity contribution in [1.29, 1.82) is 0 Å². The van der Waals surface area contributed by atoms with E-state index in [9.17, 15) is 18.0 Å². The van der Waals surface area contributed by atoms with Crippen LogP contribution < -0.4 is 10.2 Å². The molecule has 1 aliphatic heterocycles. The molecule has 3 rings (SSSR count). The molecule has 1 aromatic carbocycles. The zero-order chi connectivity index (χ0) is 22.1. The molecule has 2 fully saturated rings. The van der Waals surface area contributed by atoms with E-state index in [2.05, 4.69) is 5.32 Å². The fourth-order valence-electron chi connectivity index (χ4n) is 4.43. The van der Waals surface area contributed by atoms with E-state index in [4.69, 9.17) is 0 Å². The van der Waals surface area contributed by atoms with Crippen molar-refractivity contribution >= 4 is 27.5 Å². The number of rotatable bonds is 4. The Morgan fingerprint density at radius 2 is 1.73 bits per heavy atom. The minimum atomic E-state index is -3.62. The van der Waals surface area contributed by atoms with Gasteiger partial charge in [-0.25, -0.2) is 8.42 Å². The van der Waals surface area contributed by atoms with Crippen molar-refractivity contribution in [2.45, 2.75) is 70.9 Å². The molecular formula is C22H33N3O4S. The summed E-state index contributed by atoms with van der Waals surface area (Å²) in [6, 6.07) is 5.69. The van der Waals surface area contributed by atoms with E-state index >= 15 is 0 Å². The summed E-state index contributed by atoms with van der Waals surface area (Å²) in [6.07, 6.45) is 7.37. The van der Waals surface area contributed by atoms with Crippen molar-refractivity contribution < 1.29 is 18.0 Å². The average molecular weight is 436 g/mol. The Bertz CT molecular complexity index is 922. The molecule has 0 aromatic heterocycles. The molecule has 1 aromatic rings. The maximum absolute atomic E-state index is 13.5. The van der Waals surface area contributed by atoms with Crippen LogP contribution in [-0.4, -0.2) is 55.5 Å². The molecule has 30 heavy (non-hydrogen) atoms. The van der Waals surface area contributed by atoms with Gasteiger partial charge in [-0.2, -0.15) is 4.31 Å². The van der Waals surface area contributed by atoms with Crippen LogP contribution in [0.1, 0.15) is 56.6 Å². The molecule has 1 atom stereocenters. The lowest BCUT2D eigenvalue weighted by Gasteiger charge is -2.47. The third-order valence-electron chi connectivity index (χ3n) is 6.44. The van der Waals surface area contributed by atoms with Crippen molar-refractivity contribution in [3.63, 3.8) is 0 Å². The molecule has 7 nitrogen and oxygen atoms in total. The van der Waals surface area contributed by atoms with Crippen molar-refractivity contribution in [2.24, 2.45) is 0 Å². The molecule has 1 saturated carbocycles. The fourth-order valence-corrected chi connectivity index (χ4v) is 5.26. The minimum Gasteiger partial charge on any atom is -0.351 e. The topological polar surface area (TPSA) is 86.8 Å². The lowest BCUT2D eigenvalue weighted by atomic mass is 9.93. The van der Waals surface area contributed by atoms with Gasteiger partial charge in [0.1, 0.15) is 5.54 Å². The van der Waals surface area contributed by atoms with Crippen LogP contribution in [-0.2, 0) is 19.6 Å². The predicted molar refractivity (Wildman–Crippen MR) is 118 cm³/mol. The Hall–Kier alpha value is -1.93. The average Bonchev–Trinajstić information content (AvgIpc) is 2.92. The summed E-state index contributed by atoms with van der Waals surface area (Å²) in [6.45, 7) is 5.28. The molecule has 1 N–H and O–H groups in total. The molecule has 1 heterocycles. The first-order chi connectivity index (χ1) is 14.0. The van der Waals surface area contributed by atoms with Gasteiger partial charge in [0, 0.05) is 18.3 Å². The van der Waals surface area contributed by atoms with Crippen LogP contribution >= 0.6 is 0 Å². The number of anilines is 1. The van der Waals surface area contributed by atoms with Crippen LogP contribution in [0.5, 0.6) is 0 Å². The number of hydrogen-bond acceptors (Lipinski definition) is 4. The number of amides is 2. The van der Waals surface area contributed by atoms with E-state index in [1.54, 1.807) is 6.92 Å². The number of piperazine rings is 1. The maximum atomic E-state index is 13.5. The smallest absolute Gasteiger partial charge is 0.247 e. The monoisotopic (exact) mass is 435 g/mol. The highest BCUT2D eigenvalue weighted by molar-refractivity contribution is 7.88. The van der Waals surface area contributed by atoms with E-state index in [1.165, 1.54) is 17.7 Å². The summed E-state index contributed by atoms with van der Waals surface area (Å²) >= 11 is 0. The molecule has 166 valence electrons. The SMILES string of the molecule is Cc1ccc(N2C(=O)CN(S(C)(=O)=O)C[C@@]2(C)C(=O)NC2CCCCCC2)cc1C. The summed E-state index contributed by atoms with van der Waals surface area (Å²) in [5.41, 5.74) is 1.39.